The van der Waals surface area contributed by atoms with E-state index in [1.54, 1.807) is 0 Å². The van der Waals surface area contributed by atoms with Crippen LogP contribution in [0.3, 0.4) is 0 Å². The smallest absolute Gasteiger partial charge is 0.260 e. The van der Waals surface area contributed by atoms with Crippen molar-refractivity contribution in [2.24, 2.45) is 0 Å². The van der Waals surface area contributed by atoms with E-state index >= 15 is 0 Å². The second-order valence-electron chi connectivity index (χ2n) is 3.14. The minimum absolute atomic E-state index is 0.141. The summed E-state index contributed by atoms with van der Waals surface area (Å²) in [7, 11) is 0. The van der Waals surface area contributed by atoms with E-state index in [-0.39, 0.29) is 18.8 Å². The van der Waals surface area contributed by atoms with Crippen LogP contribution in [0.1, 0.15) is 18.2 Å². The highest BCUT2D eigenvalue weighted by atomic mass is 19.3. The zero-order chi connectivity index (χ0) is 9.31. The third-order valence-corrected chi connectivity index (χ3v) is 2.26. The summed E-state index contributed by atoms with van der Waals surface area (Å²) in [4.78, 5) is 3.75. The van der Waals surface area contributed by atoms with E-state index < -0.39 is 11.8 Å². The van der Waals surface area contributed by atoms with Gasteiger partial charge in [0.15, 0.2) is 0 Å². The quantitative estimate of drug-likeness (QED) is 0.675. The molecule has 1 aliphatic heterocycles. The van der Waals surface area contributed by atoms with E-state index in [1.807, 2.05) is 0 Å². The number of hydrogen-bond acceptors (Lipinski definition) is 3. The maximum absolute atomic E-state index is 13.3. The van der Waals surface area contributed by atoms with Crippen molar-refractivity contribution in [2.45, 2.75) is 18.3 Å². The summed E-state index contributed by atoms with van der Waals surface area (Å²) < 4.78 is 26.6. The largest absolute Gasteiger partial charge is 0.316 e. The van der Waals surface area contributed by atoms with Gasteiger partial charge in [0, 0.05) is 19.5 Å². The summed E-state index contributed by atoms with van der Waals surface area (Å²) in [6.45, 7) is 0.611. The average molecular weight is 188 g/mol. The third-order valence-electron chi connectivity index (χ3n) is 2.26. The standard InChI is InChI=1S/C7H10F2N4/c8-7(9)1-2-10-3-5(7)6-11-4-12-13-6/h4-5,10H,1-3H2,(H,11,12,13). The fraction of sp³-hybridized carbons (Fsp3) is 0.714. The van der Waals surface area contributed by atoms with Crippen LogP contribution in [0.2, 0.25) is 0 Å². The Bertz CT molecular complexity index is 272. The Morgan fingerprint density at radius 3 is 3.00 bits per heavy atom. The molecule has 1 aromatic heterocycles. The highest BCUT2D eigenvalue weighted by Gasteiger charge is 2.43. The Kier molecular flexibility index (Phi) is 1.99. The van der Waals surface area contributed by atoms with Gasteiger partial charge in [0.25, 0.3) is 5.92 Å². The van der Waals surface area contributed by atoms with Crippen LogP contribution in [0.5, 0.6) is 0 Å². The predicted molar refractivity (Wildman–Crippen MR) is 41.6 cm³/mol. The second kappa shape index (κ2) is 3.02. The summed E-state index contributed by atoms with van der Waals surface area (Å²) in [5, 5.41) is 8.96. The molecule has 0 amide bonds. The molecule has 1 fully saturated rings. The first-order chi connectivity index (χ1) is 6.20. The van der Waals surface area contributed by atoms with Crippen LogP contribution in [-0.4, -0.2) is 34.2 Å². The first-order valence-corrected chi connectivity index (χ1v) is 4.14. The van der Waals surface area contributed by atoms with Crippen molar-refractivity contribution in [3.05, 3.63) is 12.2 Å². The molecule has 1 aromatic rings. The molecule has 1 saturated heterocycles. The maximum atomic E-state index is 13.3. The average Bonchev–Trinajstić information content (AvgIpc) is 2.55. The molecule has 1 atom stereocenters. The third kappa shape index (κ3) is 1.53. The van der Waals surface area contributed by atoms with Crippen molar-refractivity contribution in [1.82, 2.24) is 20.5 Å². The molecule has 0 spiro atoms. The molecule has 0 saturated carbocycles. The molecule has 6 heteroatoms. The lowest BCUT2D eigenvalue weighted by atomic mass is 9.94. The first-order valence-electron chi connectivity index (χ1n) is 4.14. The van der Waals surface area contributed by atoms with E-state index in [2.05, 4.69) is 20.5 Å². The zero-order valence-corrected chi connectivity index (χ0v) is 6.93. The lowest BCUT2D eigenvalue weighted by Crippen LogP contribution is -2.43. The van der Waals surface area contributed by atoms with Gasteiger partial charge in [-0.15, -0.1) is 0 Å². The Labute approximate surface area is 73.7 Å². The summed E-state index contributed by atoms with van der Waals surface area (Å²) in [5.74, 6) is -3.29. The van der Waals surface area contributed by atoms with Crippen LogP contribution in [0.4, 0.5) is 8.78 Å². The van der Waals surface area contributed by atoms with E-state index in [0.717, 1.165) is 0 Å². The fourth-order valence-corrected chi connectivity index (χ4v) is 1.50. The molecular formula is C7H10F2N4. The number of aromatic nitrogens is 3. The van der Waals surface area contributed by atoms with Gasteiger partial charge in [-0.2, -0.15) is 5.10 Å². The molecule has 0 bridgehead atoms. The van der Waals surface area contributed by atoms with Gasteiger partial charge in [-0.1, -0.05) is 0 Å². The van der Waals surface area contributed by atoms with Crippen molar-refractivity contribution in [2.75, 3.05) is 13.1 Å². The van der Waals surface area contributed by atoms with Crippen molar-refractivity contribution >= 4 is 0 Å². The lowest BCUT2D eigenvalue weighted by molar-refractivity contribution is -0.0502. The second-order valence-corrected chi connectivity index (χ2v) is 3.14. The lowest BCUT2D eigenvalue weighted by Gasteiger charge is -2.30. The number of aromatic amines is 1. The Morgan fingerprint density at radius 2 is 2.38 bits per heavy atom. The van der Waals surface area contributed by atoms with Crippen LogP contribution in [-0.2, 0) is 0 Å². The van der Waals surface area contributed by atoms with E-state index in [0.29, 0.717) is 6.54 Å². The van der Waals surface area contributed by atoms with Gasteiger partial charge in [-0.3, -0.25) is 5.10 Å². The van der Waals surface area contributed by atoms with Gasteiger partial charge in [-0.05, 0) is 0 Å². The molecule has 2 rings (SSSR count). The van der Waals surface area contributed by atoms with Gasteiger partial charge < -0.3 is 5.32 Å². The normalized spacial score (nSPS) is 27.4. The number of rotatable bonds is 1. The van der Waals surface area contributed by atoms with Gasteiger partial charge in [0.05, 0.1) is 5.92 Å². The van der Waals surface area contributed by atoms with Crippen molar-refractivity contribution in [3.63, 3.8) is 0 Å². The SMILES string of the molecule is FC1(F)CCNCC1c1ncn[nH]1. The summed E-state index contributed by atoms with van der Waals surface area (Å²) in [6, 6.07) is 0. The number of hydrogen-bond donors (Lipinski definition) is 2. The molecule has 72 valence electrons. The van der Waals surface area contributed by atoms with E-state index in [1.165, 1.54) is 6.33 Å². The molecular weight excluding hydrogens is 178 g/mol. The van der Waals surface area contributed by atoms with Crippen LogP contribution in [0, 0.1) is 0 Å². The topological polar surface area (TPSA) is 53.6 Å². The Hall–Kier alpha value is -1.04. The predicted octanol–water partition coefficient (Wildman–Crippen LogP) is 0.517. The minimum atomic E-state index is -2.68. The Morgan fingerprint density at radius 1 is 1.54 bits per heavy atom. The van der Waals surface area contributed by atoms with E-state index in [9.17, 15) is 8.78 Å². The number of H-pyrrole nitrogens is 1. The number of piperidine rings is 1. The van der Waals surface area contributed by atoms with Crippen LogP contribution in [0.15, 0.2) is 6.33 Å². The monoisotopic (exact) mass is 188 g/mol. The van der Waals surface area contributed by atoms with Gasteiger partial charge in [-0.25, -0.2) is 13.8 Å². The van der Waals surface area contributed by atoms with Crippen molar-refractivity contribution < 1.29 is 8.78 Å². The summed E-state index contributed by atoms with van der Waals surface area (Å²) >= 11 is 0. The number of halogens is 2. The van der Waals surface area contributed by atoms with Crippen molar-refractivity contribution in [1.29, 1.82) is 0 Å². The van der Waals surface area contributed by atoms with Crippen molar-refractivity contribution in [3.8, 4) is 0 Å². The molecule has 0 aromatic carbocycles. The molecule has 0 radical (unpaired) electrons. The zero-order valence-electron chi connectivity index (χ0n) is 6.93. The highest BCUT2D eigenvalue weighted by Crippen LogP contribution is 2.35. The molecule has 2 N–H and O–H groups in total. The summed E-state index contributed by atoms with van der Waals surface area (Å²) in [6.07, 6.45) is 1.11. The Balaban J connectivity index is 2.21. The van der Waals surface area contributed by atoms with Crippen LogP contribution < -0.4 is 5.32 Å². The molecule has 1 unspecified atom stereocenters. The first kappa shape index (κ1) is 8.55. The molecule has 4 nitrogen and oxygen atoms in total. The molecule has 2 heterocycles. The van der Waals surface area contributed by atoms with E-state index in [4.69, 9.17) is 0 Å². The van der Waals surface area contributed by atoms with Gasteiger partial charge in [0.2, 0.25) is 0 Å². The van der Waals surface area contributed by atoms with Gasteiger partial charge in [0.1, 0.15) is 12.2 Å². The highest BCUT2D eigenvalue weighted by molar-refractivity contribution is 5.04. The summed E-state index contributed by atoms with van der Waals surface area (Å²) in [5.41, 5.74) is 0. The minimum Gasteiger partial charge on any atom is -0.316 e. The van der Waals surface area contributed by atoms with Crippen LogP contribution in [0.25, 0.3) is 0 Å². The van der Waals surface area contributed by atoms with Gasteiger partial charge >= 0.3 is 0 Å². The fourth-order valence-electron chi connectivity index (χ4n) is 1.50. The number of nitrogens with one attached hydrogen (secondary N) is 2. The molecule has 0 aliphatic carbocycles. The maximum Gasteiger partial charge on any atom is 0.260 e. The number of nitrogens with zero attached hydrogens (tertiary/aromatic N) is 2. The number of alkyl halides is 2. The molecule has 1 aliphatic rings. The molecule has 13 heavy (non-hydrogen) atoms. The van der Waals surface area contributed by atoms with Crippen LogP contribution >= 0.6 is 0 Å².